The molecule has 1 aromatic heterocycles. The molecular formula is C17H16N2S. The van der Waals surface area contributed by atoms with Gasteiger partial charge in [0, 0.05) is 11.3 Å². The van der Waals surface area contributed by atoms with Crippen LogP contribution in [-0.2, 0) is 6.42 Å². The van der Waals surface area contributed by atoms with Gasteiger partial charge in [0.2, 0.25) is 0 Å². The van der Waals surface area contributed by atoms with Crippen molar-refractivity contribution in [2.24, 2.45) is 0 Å². The van der Waals surface area contributed by atoms with Crippen LogP contribution in [0.5, 0.6) is 0 Å². The molecule has 0 amide bonds. The third-order valence-corrected chi connectivity index (χ3v) is 4.44. The van der Waals surface area contributed by atoms with Gasteiger partial charge in [-0.2, -0.15) is 0 Å². The molecule has 1 heterocycles. The number of aromatic nitrogens is 1. The highest BCUT2D eigenvalue weighted by Crippen LogP contribution is 2.37. The van der Waals surface area contributed by atoms with E-state index >= 15 is 0 Å². The van der Waals surface area contributed by atoms with E-state index in [1.165, 1.54) is 10.4 Å². The van der Waals surface area contributed by atoms with Crippen molar-refractivity contribution in [1.82, 2.24) is 4.98 Å². The Morgan fingerprint density at radius 2 is 1.70 bits per heavy atom. The maximum absolute atomic E-state index is 6.06. The zero-order valence-electron chi connectivity index (χ0n) is 11.3. The third-order valence-electron chi connectivity index (χ3n) is 3.26. The van der Waals surface area contributed by atoms with E-state index < -0.39 is 0 Å². The lowest BCUT2D eigenvalue weighted by Crippen LogP contribution is -1.89. The van der Waals surface area contributed by atoms with Crippen molar-refractivity contribution in [3.63, 3.8) is 0 Å². The van der Waals surface area contributed by atoms with Gasteiger partial charge in [-0.1, -0.05) is 49.4 Å². The van der Waals surface area contributed by atoms with Gasteiger partial charge < -0.3 is 5.73 Å². The second-order valence-corrected chi connectivity index (χ2v) is 5.60. The Balaban J connectivity index is 2.13. The maximum Gasteiger partial charge on any atom is 0.126 e. The first kappa shape index (κ1) is 12.9. The van der Waals surface area contributed by atoms with E-state index in [2.05, 4.69) is 31.2 Å². The highest BCUT2D eigenvalue weighted by molar-refractivity contribution is 7.18. The zero-order chi connectivity index (χ0) is 13.9. The minimum atomic E-state index is 0.781. The van der Waals surface area contributed by atoms with Crippen LogP contribution < -0.4 is 5.73 Å². The molecule has 0 radical (unpaired) electrons. The van der Waals surface area contributed by atoms with Crippen molar-refractivity contribution in [2.75, 3.05) is 5.73 Å². The molecule has 0 bridgehead atoms. The summed E-state index contributed by atoms with van der Waals surface area (Å²) < 4.78 is 0. The molecule has 0 fully saturated rings. The van der Waals surface area contributed by atoms with Gasteiger partial charge in [0.1, 0.15) is 5.01 Å². The Bertz CT molecular complexity index is 717. The molecule has 2 N–H and O–H groups in total. The number of hydrogen-bond acceptors (Lipinski definition) is 3. The monoisotopic (exact) mass is 280 g/mol. The average molecular weight is 280 g/mol. The molecule has 0 saturated heterocycles. The molecule has 0 aliphatic heterocycles. The standard InChI is InChI=1S/C17H16N2S/c1-2-15-16(12-8-4-3-5-9-12)20-17(19-15)13-10-6-7-11-14(13)18/h3-11H,2,18H2,1H3. The molecule has 0 aliphatic carbocycles. The van der Waals surface area contributed by atoms with Crippen LogP contribution in [0.15, 0.2) is 54.6 Å². The van der Waals surface area contributed by atoms with Crippen LogP contribution in [0, 0.1) is 0 Å². The highest BCUT2D eigenvalue weighted by atomic mass is 32.1. The molecule has 20 heavy (non-hydrogen) atoms. The summed E-state index contributed by atoms with van der Waals surface area (Å²) >= 11 is 1.71. The van der Waals surface area contributed by atoms with Gasteiger partial charge in [-0.25, -0.2) is 4.98 Å². The molecule has 100 valence electrons. The smallest absolute Gasteiger partial charge is 0.126 e. The second kappa shape index (κ2) is 5.47. The van der Waals surface area contributed by atoms with Gasteiger partial charge in [0.05, 0.1) is 10.6 Å². The molecule has 3 aromatic rings. The molecular weight excluding hydrogens is 264 g/mol. The molecule has 2 nitrogen and oxygen atoms in total. The number of aryl methyl sites for hydroxylation is 1. The fraction of sp³-hybridized carbons (Fsp3) is 0.118. The van der Waals surface area contributed by atoms with Crippen LogP contribution >= 0.6 is 11.3 Å². The first-order valence-electron chi connectivity index (χ1n) is 6.69. The van der Waals surface area contributed by atoms with Gasteiger partial charge in [-0.05, 0) is 24.1 Å². The lowest BCUT2D eigenvalue weighted by molar-refractivity contribution is 1.07. The normalized spacial score (nSPS) is 10.7. The SMILES string of the molecule is CCc1nc(-c2ccccc2N)sc1-c1ccccc1. The minimum Gasteiger partial charge on any atom is -0.398 e. The first-order valence-corrected chi connectivity index (χ1v) is 7.51. The summed E-state index contributed by atoms with van der Waals surface area (Å²) in [6.45, 7) is 2.14. The van der Waals surface area contributed by atoms with E-state index in [1.807, 2.05) is 30.3 Å². The van der Waals surface area contributed by atoms with E-state index in [1.54, 1.807) is 11.3 Å². The summed E-state index contributed by atoms with van der Waals surface area (Å²) in [5.41, 5.74) is 10.2. The van der Waals surface area contributed by atoms with Gasteiger partial charge in [-0.3, -0.25) is 0 Å². The highest BCUT2D eigenvalue weighted by Gasteiger charge is 2.14. The molecule has 0 unspecified atom stereocenters. The van der Waals surface area contributed by atoms with Crippen LogP contribution in [0.3, 0.4) is 0 Å². The van der Waals surface area contributed by atoms with Crippen LogP contribution in [0.4, 0.5) is 5.69 Å². The molecule has 0 saturated carbocycles. The number of benzene rings is 2. The lowest BCUT2D eigenvalue weighted by Gasteiger charge is -2.00. The Morgan fingerprint density at radius 3 is 2.40 bits per heavy atom. The van der Waals surface area contributed by atoms with Crippen molar-refractivity contribution in [2.45, 2.75) is 13.3 Å². The molecule has 0 aliphatic rings. The summed E-state index contributed by atoms with van der Waals surface area (Å²) in [5.74, 6) is 0. The molecule has 3 heteroatoms. The van der Waals surface area contributed by atoms with Crippen LogP contribution in [-0.4, -0.2) is 4.98 Å². The van der Waals surface area contributed by atoms with E-state index in [0.29, 0.717) is 0 Å². The Labute approximate surface area is 122 Å². The van der Waals surface area contributed by atoms with Gasteiger partial charge >= 0.3 is 0 Å². The topological polar surface area (TPSA) is 38.9 Å². The summed E-state index contributed by atoms with van der Waals surface area (Å²) in [4.78, 5) is 6.02. The van der Waals surface area contributed by atoms with Crippen molar-refractivity contribution < 1.29 is 0 Å². The van der Waals surface area contributed by atoms with Gasteiger partial charge in [0.15, 0.2) is 0 Å². The lowest BCUT2D eigenvalue weighted by atomic mass is 10.1. The molecule has 2 aromatic carbocycles. The summed E-state index contributed by atoms with van der Waals surface area (Å²) in [7, 11) is 0. The van der Waals surface area contributed by atoms with Crippen LogP contribution in [0.25, 0.3) is 21.0 Å². The van der Waals surface area contributed by atoms with Crippen molar-refractivity contribution in [1.29, 1.82) is 0 Å². The predicted molar refractivity (Wildman–Crippen MR) is 86.8 cm³/mol. The van der Waals surface area contributed by atoms with E-state index in [9.17, 15) is 0 Å². The number of hydrogen-bond donors (Lipinski definition) is 1. The molecule has 0 atom stereocenters. The summed E-state index contributed by atoms with van der Waals surface area (Å²) in [6, 6.07) is 18.3. The molecule has 0 spiro atoms. The van der Waals surface area contributed by atoms with Crippen molar-refractivity contribution in [3.05, 3.63) is 60.3 Å². The molecule has 3 rings (SSSR count). The van der Waals surface area contributed by atoms with Crippen LogP contribution in [0.1, 0.15) is 12.6 Å². The zero-order valence-corrected chi connectivity index (χ0v) is 12.2. The van der Waals surface area contributed by atoms with E-state index in [0.717, 1.165) is 28.4 Å². The summed E-state index contributed by atoms with van der Waals surface area (Å²) in [5, 5.41) is 0.999. The van der Waals surface area contributed by atoms with Crippen LogP contribution in [0.2, 0.25) is 0 Å². The number of para-hydroxylation sites is 1. The first-order chi connectivity index (χ1) is 9.79. The Hall–Kier alpha value is -2.13. The number of nitrogens with zero attached hydrogens (tertiary/aromatic N) is 1. The van der Waals surface area contributed by atoms with Gasteiger partial charge in [-0.15, -0.1) is 11.3 Å². The Morgan fingerprint density at radius 1 is 1.00 bits per heavy atom. The minimum absolute atomic E-state index is 0.781. The number of anilines is 1. The van der Waals surface area contributed by atoms with E-state index in [4.69, 9.17) is 10.7 Å². The van der Waals surface area contributed by atoms with E-state index in [-0.39, 0.29) is 0 Å². The third kappa shape index (κ3) is 2.32. The number of rotatable bonds is 3. The van der Waals surface area contributed by atoms with Crippen molar-refractivity contribution in [3.8, 4) is 21.0 Å². The van der Waals surface area contributed by atoms with Gasteiger partial charge in [0.25, 0.3) is 0 Å². The van der Waals surface area contributed by atoms with Crippen molar-refractivity contribution >= 4 is 17.0 Å². The fourth-order valence-corrected chi connectivity index (χ4v) is 3.42. The number of thiazole rings is 1. The second-order valence-electron chi connectivity index (χ2n) is 4.60. The largest absolute Gasteiger partial charge is 0.398 e. The Kier molecular flexibility index (Phi) is 3.52. The quantitative estimate of drug-likeness (QED) is 0.711. The number of nitrogen functional groups attached to an aromatic ring is 1. The maximum atomic E-state index is 6.06. The summed E-state index contributed by atoms with van der Waals surface area (Å²) in [6.07, 6.45) is 0.924. The fourth-order valence-electron chi connectivity index (χ4n) is 2.21. The average Bonchev–Trinajstić information content (AvgIpc) is 2.92. The number of nitrogens with two attached hydrogens (primary N) is 1. The predicted octanol–water partition coefficient (Wildman–Crippen LogP) is 4.62.